The summed E-state index contributed by atoms with van der Waals surface area (Å²) in [4.78, 5) is 16.5. The van der Waals surface area contributed by atoms with Gasteiger partial charge in [-0.1, -0.05) is 37.6 Å². The quantitative estimate of drug-likeness (QED) is 0.465. The van der Waals surface area contributed by atoms with E-state index in [1.54, 1.807) is 22.2 Å². The first kappa shape index (κ1) is 23.5. The maximum atomic E-state index is 12.6. The van der Waals surface area contributed by atoms with E-state index in [1.165, 1.54) is 35.6 Å². The fraction of sp³-hybridized carbons (Fsp3) is 0.300. The van der Waals surface area contributed by atoms with E-state index < -0.39 is 21.1 Å². The first-order valence-electron chi connectivity index (χ1n) is 9.11. The second-order valence-electron chi connectivity index (χ2n) is 7.36. The highest BCUT2D eigenvalue weighted by Gasteiger charge is 2.45. The van der Waals surface area contributed by atoms with Gasteiger partial charge in [0.05, 0.1) is 16.5 Å². The number of hydrogen-bond acceptors (Lipinski definition) is 5. The Morgan fingerprint density at radius 1 is 1.19 bits per heavy atom. The number of rotatable bonds is 6. The zero-order valence-corrected chi connectivity index (χ0v) is 18.9. The van der Waals surface area contributed by atoms with Gasteiger partial charge in [0.25, 0.3) is 15.4 Å². The minimum absolute atomic E-state index is 0.0673. The molecule has 0 aliphatic heterocycles. The van der Waals surface area contributed by atoms with Crippen molar-refractivity contribution in [2.75, 3.05) is 0 Å². The number of alkyl halides is 3. The van der Waals surface area contributed by atoms with Gasteiger partial charge in [-0.25, -0.2) is 13.4 Å². The van der Waals surface area contributed by atoms with Crippen LogP contribution in [0.5, 0.6) is 0 Å². The average molecular weight is 491 g/mol. The average Bonchev–Trinajstić information content (AvgIpc) is 3.12. The Morgan fingerprint density at radius 2 is 1.90 bits per heavy atom. The molecule has 1 aromatic carbocycles. The second-order valence-corrected chi connectivity index (χ2v) is 10.6. The number of benzene rings is 1. The molecule has 11 heteroatoms. The SMILES string of the molecule is CC(C)Cn1cc(-c2nc(-c3ccc(CS(=O)(=O)C(F)(F)F)cc3Cl)cs2)ccc1=O. The van der Waals surface area contributed by atoms with Gasteiger partial charge < -0.3 is 4.57 Å². The molecule has 0 amide bonds. The molecule has 0 saturated heterocycles. The highest BCUT2D eigenvalue weighted by atomic mass is 35.5. The molecule has 0 N–H and O–H groups in total. The van der Waals surface area contributed by atoms with Crippen molar-refractivity contribution in [2.45, 2.75) is 31.7 Å². The lowest BCUT2D eigenvalue weighted by Gasteiger charge is -2.10. The van der Waals surface area contributed by atoms with Crippen LogP contribution in [-0.4, -0.2) is 23.5 Å². The summed E-state index contributed by atoms with van der Waals surface area (Å²) in [6.45, 7) is 4.58. The smallest absolute Gasteiger partial charge is 0.315 e. The first-order valence-corrected chi connectivity index (χ1v) is 12.0. The minimum Gasteiger partial charge on any atom is -0.315 e. The molecule has 0 radical (unpaired) electrons. The summed E-state index contributed by atoms with van der Waals surface area (Å²) in [5.41, 5.74) is -3.79. The van der Waals surface area contributed by atoms with Crippen LogP contribution in [0.25, 0.3) is 21.8 Å². The van der Waals surface area contributed by atoms with Gasteiger partial charge in [0.2, 0.25) is 0 Å². The van der Waals surface area contributed by atoms with Crippen molar-refractivity contribution in [3.05, 3.63) is 62.8 Å². The van der Waals surface area contributed by atoms with E-state index in [4.69, 9.17) is 11.6 Å². The predicted molar refractivity (Wildman–Crippen MR) is 116 cm³/mol. The lowest BCUT2D eigenvalue weighted by molar-refractivity contribution is -0.0437. The third kappa shape index (κ3) is 5.36. The number of nitrogens with zero attached hydrogens (tertiary/aromatic N) is 2. The summed E-state index contributed by atoms with van der Waals surface area (Å²) in [5, 5.41) is 2.48. The molecule has 31 heavy (non-hydrogen) atoms. The van der Waals surface area contributed by atoms with Gasteiger partial charge in [-0.15, -0.1) is 11.3 Å². The summed E-state index contributed by atoms with van der Waals surface area (Å²) >= 11 is 7.54. The lowest BCUT2D eigenvalue weighted by Crippen LogP contribution is -2.24. The van der Waals surface area contributed by atoms with Crippen LogP contribution in [0.1, 0.15) is 19.4 Å². The van der Waals surface area contributed by atoms with Crippen molar-refractivity contribution in [1.82, 2.24) is 9.55 Å². The predicted octanol–water partition coefficient (Wildman–Crippen LogP) is 5.38. The summed E-state index contributed by atoms with van der Waals surface area (Å²) in [7, 11) is -5.29. The van der Waals surface area contributed by atoms with Crippen molar-refractivity contribution in [3.8, 4) is 21.8 Å². The lowest BCUT2D eigenvalue weighted by atomic mass is 10.1. The highest BCUT2D eigenvalue weighted by Crippen LogP contribution is 2.34. The van der Waals surface area contributed by atoms with E-state index in [9.17, 15) is 26.4 Å². The summed E-state index contributed by atoms with van der Waals surface area (Å²) < 4.78 is 62.1. The van der Waals surface area contributed by atoms with E-state index in [0.29, 0.717) is 28.7 Å². The van der Waals surface area contributed by atoms with Crippen LogP contribution >= 0.6 is 22.9 Å². The maximum absolute atomic E-state index is 12.6. The van der Waals surface area contributed by atoms with E-state index in [1.807, 2.05) is 13.8 Å². The Hall–Kier alpha value is -2.17. The molecule has 0 aliphatic carbocycles. The van der Waals surface area contributed by atoms with Gasteiger partial charge in [-0.05, 0) is 23.6 Å². The van der Waals surface area contributed by atoms with Crippen LogP contribution in [0, 0.1) is 5.92 Å². The third-order valence-electron chi connectivity index (χ3n) is 4.32. The Labute approximate surface area is 186 Å². The molecular formula is C20H18ClF3N2O3S2. The van der Waals surface area contributed by atoms with Crippen molar-refractivity contribution >= 4 is 32.8 Å². The molecule has 0 atom stereocenters. The highest BCUT2D eigenvalue weighted by molar-refractivity contribution is 7.91. The van der Waals surface area contributed by atoms with Gasteiger partial charge in [0.1, 0.15) is 5.01 Å². The van der Waals surface area contributed by atoms with E-state index in [-0.39, 0.29) is 16.1 Å². The summed E-state index contributed by atoms with van der Waals surface area (Å²) in [5.74, 6) is -0.894. The molecule has 2 heterocycles. The molecule has 2 aromatic heterocycles. The Morgan fingerprint density at radius 3 is 2.52 bits per heavy atom. The number of aromatic nitrogens is 2. The van der Waals surface area contributed by atoms with Crippen molar-refractivity contribution in [2.24, 2.45) is 5.92 Å². The molecule has 166 valence electrons. The minimum atomic E-state index is -5.33. The van der Waals surface area contributed by atoms with Gasteiger partial charge in [-0.3, -0.25) is 4.79 Å². The topological polar surface area (TPSA) is 69.0 Å². The Kier molecular flexibility index (Phi) is 6.64. The molecule has 3 rings (SSSR count). The molecule has 0 unspecified atom stereocenters. The van der Waals surface area contributed by atoms with Gasteiger partial charge in [0.15, 0.2) is 0 Å². The van der Waals surface area contributed by atoms with E-state index in [2.05, 4.69) is 4.98 Å². The number of sulfone groups is 1. The molecule has 3 aromatic rings. The molecule has 0 aliphatic rings. The molecule has 5 nitrogen and oxygen atoms in total. The monoisotopic (exact) mass is 490 g/mol. The van der Waals surface area contributed by atoms with Crippen molar-refractivity contribution < 1.29 is 21.6 Å². The standard InChI is InChI=1S/C20H18ClF3N2O3S2/c1-12(2)8-26-9-14(4-6-18(26)27)19-25-17(10-30-19)15-5-3-13(7-16(15)21)11-31(28,29)20(22,23)24/h3-7,9-10,12H,8,11H2,1-2H3. The van der Waals surface area contributed by atoms with E-state index >= 15 is 0 Å². The fourth-order valence-electron chi connectivity index (χ4n) is 2.88. The number of halogens is 4. The second kappa shape index (κ2) is 8.76. The summed E-state index contributed by atoms with van der Waals surface area (Å²) in [6.07, 6.45) is 1.73. The largest absolute Gasteiger partial charge is 0.497 e. The maximum Gasteiger partial charge on any atom is 0.497 e. The zero-order valence-electron chi connectivity index (χ0n) is 16.5. The summed E-state index contributed by atoms with van der Waals surface area (Å²) in [6, 6.07) is 7.08. The third-order valence-corrected chi connectivity index (χ3v) is 6.94. The Balaban J connectivity index is 1.89. The van der Waals surface area contributed by atoms with Crippen LogP contribution in [0.4, 0.5) is 13.2 Å². The van der Waals surface area contributed by atoms with Gasteiger partial charge in [0, 0.05) is 35.3 Å². The molecule has 0 saturated carbocycles. The van der Waals surface area contributed by atoms with Crippen LogP contribution in [0.3, 0.4) is 0 Å². The fourth-order valence-corrected chi connectivity index (χ4v) is 4.77. The first-order chi connectivity index (χ1) is 14.4. The normalized spacial score (nSPS) is 12.5. The van der Waals surface area contributed by atoms with Crippen LogP contribution in [-0.2, 0) is 22.1 Å². The number of pyridine rings is 1. The molecular weight excluding hydrogens is 473 g/mol. The van der Waals surface area contributed by atoms with Crippen LogP contribution in [0.2, 0.25) is 5.02 Å². The number of hydrogen-bond donors (Lipinski definition) is 0. The van der Waals surface area contributed by atoms with Crippen molar-refractivity contribution in [1.29, 1.82) is 0 Å². The van der Waals surface area contributed by atoms with E-state index in [0.717, 1.165) is 5.56 Å². The van der Waals surface area contributed by atoms with Crippen LogP contribution in [0.15, 0.2) is 46.7 Å². The number of thiazole rings is 1. The molecule has 0 spiro atoms. The zero-order chi connectivity index (χ0) is 23.0. The molecule has 0 fully saturated rings. The Bertz CT molecular complexity index is 1270. The van der Waals surface area contributed by atoms with Crippen LogP contribution < -0.4 is 5.56 Å². The van der Waals surface area contributed by atoms with Crippen molar-refractivity contribution in [3.63, 3.8) is 0 Å². The van der Waals surface area contributed by atoms with Gasteiger partial charge in [-0.2, -0.15) is 13.2 Å². The molecule has 0 bridgehead atoms. The van der Waals surface area contributed by atoms with Gasteiger partial charge >= 0.3 is 5.51 Å².